The van der Waals surface area contributed by atoms with Crippen LogP contribution >= 0.6 is 0 Å². The Kier molecular flexibility index (Phi) is 3.45. The number of hydrogen-bond acceptors (Lipinski definition) is 2. The summed E-state index contributed by atoms with van der Waals surface area (Å²) in [6, 6.07) is 16.4. The van der Waals surface area contributed by atoms with Gasteiger partial charge in [-0.25, -0.2) is 4.39 Å². The van der Waals surface area contributed by atoms with Crippen molar-refractivity contribution in [1.82, 2.24) is 9.88 Å². The average molecular weight is 320 g/mol. The molecule has 0 radical (unpaired) electrons. The highest BCUT2D eigenvalue weighted by Crippen LogP contribution is 2.29. The smallest absolute Gasteiger partial charge is 0.208 e. The first kappa shape index (κ1) is 14.7. The maximum absolute atomic E-state index is 13.2. The molecule has 24 heavy (non-hydrogen) atoms. The fourth-order valence-corrected chi connectivity index (χ4v) is 3.23. The molecule has 0 bridgehead atoms. The van der Waals surface area contributed by atoms with Gasteiger partial charge in [0.25, 0.3) is 0 Å². The Morgan fingerprint density at radius 1 is 1.17 bits per heavy atom. The zero-order valence-electron chi connectivity index (χ0n) is 13.3. The fraction of sp³-hybridized carbons (Fsp3) is 0.150. The molecule has 0 saturated heterocycles. The number of carbonyl (C=O) groups is 1. The van der Waals surface area contributed by atoms with Gasteiger partial charge < -0.3 is 9.88 Å². The second kappa shape index (κ2) is 5.64. The van der Waals surface area contributed by atoms with Crippen molar-refractivity contribution >= 4 is 16.7 Å². The van der Waals surface area contributed by atoms with Gasteiger partial charge in [-0.2, -0.15) is 0 Å². The number of fused-ring (bicyclic) bond motifs is 3. The monoisotopic (exact) mass is 320 g/mol. The Morgan fingerprint density at radius 3 is 2.83 bits per heavy atom. The zero-order chi connectivity index (χ0) is 16.7. The summed E-state index contributed by atoms with van der Waals surface area (Å²) >= 11 is 0. The van der Waals surface area contributed by atoms with Crippen molar-refractivity contribution < 1.29 is 9.18 Å². The summed E-state index contributed by atoms with van der Waals surface area (Å²) in [5.74, 6) is -0.186. The van der Waals surface area contributed by atoms with Crippen LogP contribution < -0.4 is 5.32 Å². The molecule has 120 valence electrons. The van der Waals surface area contributed by atoms with Crippen molar-refractivity contribution in [3.63, 3.8) is 0 Å². The van der Waals surface area contributed by atoms with Crippen LogP contribution in [0.2, 0.25) is 0 Å². The Morgan fingerprint density at radius 2 is 2.00 bits per heavy atom. The molecule has 0 aliphatic carbocycles. The summed E-state index contributed by atoms with van der Waals surface area (Å²) in [6.07, 6.45) is 0. The SMILES string of the molecule is C/C(NCc1cccc(F)c1)=C1\Cn2c(cc3ccccc32)C1=O. The maximum Gasteiger partial charge on any atom is 0.208 e. The van der Waals surface area contributed by atoms with E-state index in [0.29, 0.717) is 13.1 Å². The van der Waals surface area contributed by atoms with Crippen molar-refractivity contribution in [3.05, 3.63) is 82.9 Å². The van der Waals surface area contributed by atoms with E-state index in [1.54, 1.807) is 6.07 Å². The summed E-state index contributed by atoms with van der Waals surface area (Å²) in [5, 5.41) is 4.34. The van der Waals surface area contributed by atoms with Crippen molar-refractivity contribution in [2.45, 2.75) is 20.0 Å². The molecule has 0 saturated carbocycles. The first-order valence-electron chi connectivity index (χ1n) is 7.94. The van der Waals surface area contributed by atoms with Crippen molar-refractivity contribution in [2.75, 3.05) is 0 Å². The van der Waals surface area contributed by atoms with Crippen LogP contribution in [-0.2, 0) is 13.1 Å². The Labute approximate surface area is 139 Å². The van der Waals surface area contributed by atoms with Gasteiger partial charge in [0.15, 0.2) is 0 Å². The second-order valence-corrected chi connectivity index (χ2v) is 6.09. The number of carbonyl (C=O) groups excluding carboxylic acids is 1. The van der Waals surface area contributed by atoms with Crippen LogP contribution in [0.25, 0.3) is 10.9 Å². The van der Waals surface area contributed by atoms with Crippen LogP contribution in [0, 0.1) is 5.82 Å². The standard InChI is InChI=1S/C20H17FN2O/c1-13(22-11-14-5-4-7-16(21)9-14)17-12-23-18-8-3-2-6-15(18)10-19(23)20(17)24/h2-10,22H,11-12H2,1H3/b17-13-. The number of para-hydroxylation sites is 1. The molecule has 1 aromatic heterocycles. The summed E-state index contributed by atoms with van der Waals surface area (Å²) in [4.78, 5) is 12.7. The zero-order valence-corrected chi connectivity index (χ0v) is 13.3. The molecule has 0 spiro atoms. The molecule has 1 N–H and O–H groups in total. The number of nitrogens with zero attached hydrogens (tertiary/aromatic N) is 1. The summed E-state index contributed by atoms with van der Waals surface area (Å²) in [6.45, 7) is 2.97. The molecule has 0 amide bonds. The molecule has 2 aromatic carbocycles. The molecule has 3 nitrogen and oxygen atoms in total. The number of aromatic nitrogens is 1. The van der Waals surface area contributed by atoms with Gasteiger partial charge >= 0.3 is 0 Å². The van der Waals surface area contributed by atoms with E-state index in [1.165, 1.54) is 12.1 Å². The van der Waals surface area contributed by atoms with E-state index >= 15 is 0 Å². The van der Waals surface area contributed by atoms with Gasteiger partial charge in [-0.15, -0.1) is 0 Å². The van der Waals surface area contributed by atoms with Crippen molar-refractivity contribution in [1.29, 1.82) is 0 Å². The number of allylic oxidation sites excluding steroid dienone is 2. The van der Waals surface area contributed by atoms with E-state index in [4.69, 9.17) is 0 Å². The molecule has 4 heteroatoms. The van der Waals surface area contributed by atoms with Gasteiger partial charge in [0, 0.05) is 28.7 Å². The molecular weight excluding hydrogens is 303 g/mol. The second-order valence-electron chi connectivity index (χ2n) is 6.09. The lowest BCUT2D eigenvalue weighted by atomic mass is 10.1. The number of halogens is 1. The third kappa shape index (κ3) is 2.40. The topological polar surface area (TPSA) is 34.0 Å². The molecule has 1 aliphatic rings. The third-order valence-corrected chi connectivity index (χ3v) is 4.53. The minimum atomic E-state index is -0.251. The first-order chi connectivity index (χ1) is 11.6. The largest absolute Gasteiger partial charge is 0.384 e. The van der Waals surface area contributed by atoms with Gasteiger partial charge in [0.1, 0.15) is 5.82 Å². The number of nitrogens with one attached hydrogen (secondary N) is 1. The van der Waals surface area contributed by atoms with E-state index in [1.807, 2.05) is 43.3 Å². The minimum absolute atomic E-state index is 0.0652. The number of ketones is 1. The lowest BCUT2D eigenvalue weighted by Gasteiger charge is -2.10. The minimum Gasteiger partial charge on any atom is -0.384 e. The van der Waals surface area contributed by atoms with Crippen molar-refractivity contribution in [2.24, 2.45) is 0 Å². The van der Waals surface area contributed by atoms with Crippen LogP contribution in [0.5, 0.6) is 0 Å². The molecule has 4 rings (SSSR count). The van der Waals surface area contributed by atoms with Crippen LogP contribution in [0.1, 0.15) is 23.0 Å². The predicted molar refractivity (Wildman–Crippen MR) is 92.2 cm³/mol. The summed E-state index contributed by atoms with van der Waals surface area (Å²) < 4.78 is 15.3. The van der Waals surface area contributed by atoms with Crippen LogP contribution in [-0.4, -0.2) is 10.4 Å². The van der Waals surface area contributed by atoms with Gasteiger partial charge in [-0.3, -0.25) is 4.79 Å². The average Bonchev–Trinajstić information content (AvgIpc) is 3.10. The van der Waals surface area contributed by atoms with E-state index in [-0.39, 0.29) is 11.6 Å². The van der Waals surface area contributed by atoms with E-state index in [9.17, 15) is 9.18 Å². The Balaban J connectivity index is 1.59. The fourth-order valence-electron chi connectivity index (χ4n) is 3.23. The normalized spacial score (nSPS) is 15.7. The Hall–Kier alpha value is -2.88. The molecule has 0 atom stereocenters. The molecule has 0 unspecified atom stereocenters. The van der Waals surface area contributed by atoms with Crippen molar-refractivity contribution in [3.8, 4) is 0 Å². The number of hydrogen-bond donors (Lipinski definition) is 1. The number of rotatable bonds is 3. The van der Waals surface area contributed by atoms with Crippen LogP contribution in [0.15, 0.2) is 65.9 Å². The summed E-state index contributed by atoms with van der Waals surface area (Å²) in [5.41, 5.74) is 4.28. The Bertz CT molecular complexity index is 984. The lowest BCUT2D eigenvalue weighted by molar-refractivity contribution is 0.103. The molecule has 0 fully saturated rings. The van der Waals surface area contributed by atoms with Gasteiger partial charge in [-0.1, -0.05) is 30.3 Å². The highest BCUT2D eigenvalue weighted by Gasteiger charge is 2.28. The first-order valence-corrected chi connectivity index (χ1v) is 7.94. The highest BCUT2D eigenvalue weighted by molar-refractivity contribution is 6.13. The number of benzene rings is 2. The molecule has 3 aromatic rings. The lowest BCUT2D eigenvalue weighted by Crippen LogP contribution is -2.15. The maximum atomic E-state index is 13.2. The van der Waals surface area contributed by atoms with E-state index in [2.05, 4.69) is 9.88 Å². The summed E-state index contributed by atoms with van der Waals surface area (Å²) in [7, 11) is 0. The van der Waals surface area contributed by atoms with Crippen LogP contribution in [0.3, 0.4) is 0 Å². The van der Waals surface area contributed by atoms with E-state index in [0.717, 1.165) is 33.4 Å². The molecule has 1 aliphatic heterocycles. The third-order valence-electron chi connectivity index (χ3n) is 4.53. The molecule has 2 heterocycles. The van der Waals surface area contributed by atoms with Gasteiger partial charge in [0.05, 0.1) is 12.2 Å². The van der Waals surface area contributed by atoms with E-state index < -0.39 is 0 Å². The number of Topliss-reactive ketones (excluding diaryl/α,β-unsaturated/α-hetero) is 1. The quantitative estimate of drug-likeness (QED) is 0.739. The highest BCUT2D eigenvalue weighted by atomic mass is 19.1. The van der Waals surface area contributed by atoms with Crippen LogP contribution in [0.4, 0.5) is 4.39 Å². The molecular formula is C20H17FN2O. The van der Waals surface area contributed by atoms with Gasteiger partial charge in [-0.05, 0) is 36.8 Å². The van der Waals surface area contributed by atoms with Gasteiger partial charge in [0.2, 0.25) is 5.78 Å². The predicted octanol–water partition coefficient (Wildman–Crippen LogP) is 4.04.